The summed E-state index contributed by atoms with van der Waals surface area (Å²) in [6.07, 6.45) is 3.10. The van der Waals surface area contributed by atoms with E-state index in [0.29, 0.717) is 6.42 Å². The molecular formula is C18H25N3O2. The third-order valence-corrected chi connectivity index (χ3v) is 4.20. The summed E-state index contributed by atoms with van der Waals surface area (Å²) in [4.78, 5) is 14.5. The van der Waals surface area contributed by atoms with Crippen molar-refractivity contribution in [3.8, 4) is 5.75 Å². The molecule has 23 heavy (non-hydrogen) atoms. The van der Waals surface area contributed by atoms with Crippen molar-refractivity contribution in [2.75, 3.05) is 14.2 Å². The van der Waals surface area contributed by atoms with Crippen LogP contribution in [0.15, 0.2) is 30.5 Å². The first-order chi connectivity index (χ1) is 11.0. The lowest BCUT2D eigenvalue weighted by atomic mass is 10.0. The highest BCUT2D eigenvalue weighted by atomic mass is 16.5. The Hall–Kier alpha value is -2.30. The van der Waals surface area contributed by atoms with Gasteiger partial charge in [0.15, 0.2) is 0 Å². The lowest BCUT2D eigenvalue weighted by Gasteiger charge is -2.29. The quantitative estimate of drug-likeness (QED) is 0.823. The molecule has 1 aromatic heterocycles. The third-order valence-electron chi connectivity index (χ3n) is 4.20. The van der Waals surface area contributed by atoms with E-state index in [1.165, 1.54) is 0 Å². The van der Waals surface area contributed by atoms with Gasteiger partial charge in [-0.05, 0) is 19.4 Å². The highest BCUT2D eigenvalue weighted by molar-refractivity contribution is 5.79. The number of ether oxygens (including phenoxy) is 1. The molecule has 0 bridgehead atoms. The van der Waals surface area contributed by atoms with Gasteiger partial charge >= 0.3 is 0 Å². The first-order valence-electron chi connectivity index (χ1n) is 7.85. The van der Waals surface area contributed by atoms with Crippen LogP contribution in [0.1, 0.15) is 36.2 Å². The fourth-order valence-electron chi connectivity index (χ4n) is 2.93. The van der Waals surface area contributed by atoms with Crippen LogP contribution in [0, 0.1) is 6.92 Å². The number of methoxy groups -OCH3 is 1. The van der Waals surface area contributed by atoms with Gasteiger partial charge in [-0.15, -0.1) is 0 Å². The minimum atomic E-state index is -0.00405. The standard InChI is InChI=1S/C18H25N3O2/c1-6-16(15-9-7-8-10-17(15)23-5)21(4)18(22)11-14-12-20(3)19-13(14)2/h7-10,12,16H,6,11H2,1-5H3. The Morgan fingerprint density at radius 1 is 1.39 bits per heavy atom. The van der Waals surface area contributed by atoms with Crippen molar-refractivity contribution in [2.45, 2.75) is 32.7 Å². The van der Waals surface area contributed by atoms with E-state index in [1.807, 2.05) is 56.4 Å². The Morgan fingerprint density at radius 3 is 2.65 bits per heavy atom. The molecule has 0 fully saturated rings. The van der Waals surface area contributed by atoms with E-state index in [0.717, 1.165) is 29.0 Å². The molecule has 5 nitrogen and oxygen atoms in total. The van der Waals surface area contributed by atoms with Gasteiger partial charge in [-0.25, -0.2) is 0 Å². The molecule has 1 unspecified atom stereocenters. The van der Waals surface area contributed by atoms with Crippen LogP contribution in [0.5, 0.6) is 5.75 Å². The van der Waals surface area contributed by atoms with Gasteiger partial charge in [0.2, 0.25) is 5.91 Å². The Labute approximate surface area is 137 Å². The van der Waals surface area contributed by atoms with Crippen molar-refractivity contribution in [2.24, 2.45) is 7.05 Å². The number of nitrogens with zero attached hydrogens (tertiary/aromatic N) is 3. The lowest BCUT2D eigenvalue weighted by molar-refractivity contribution is -0.131. The summed E-state index contributed by atoms with van der Waals surface area (Å²) < 4.78 is 7.19. The van der Waals surface area contributed by atoms with Gasteiger partial charge in [0.1, 0.15) is 5.75 Å². The van der Waals surface area contributed by atoms with Gasteiger partial charge in [-0.2, -0.15) is 5.10 Å². The van der Waals surface area contributed by atoms with E-state index >= 15 is 0 Å². The van der Waals surface area contributed by atoms with Crippen LogP contribution >= 0.6 is 0 Å². The summed E-state index contributed by atoms with van der Waals surface area (Å²) >= 11 is 0. The molecule has 0 aliphatic heterocycles. The molecule has 1 aromatic carbocycles. The molecule has 5 heteroatoms. The van der Waals surface area contributed by atoms with Crippen molar-refractivity contribution < 1.29 is 9.53 Å². The Balaban J connectivity index is 2.20. The van der Waals surface area contributed by atoms with E-state index in [9.17, 15) is 4.79 Å². The molecule has 1 heterocycles. The predicted molar refractivity (Wildman–Crippen MR) is 90.4 cm³/mol. The highest BCUT2D eigenvalue weighted by Gasteiger charge is 2.23. The number of aromatic nitrogens is 2. The highest BCUT2D eigenvalue weighted by Crippen LogP contribution is 2.31. The van der Waals surface area contributed by atoms with Crippen molar-refractivity contribution in [1.82, 2.24) is 14.7 Å². The number of rotatable bonds is 6. The van der Waals surface area contributed by atoms with Gasteiger partial charge in [0.25, 0.3) is 0 Å². The van der Waals surface area contributed by atoms with Crippen LogP contribution in [0.4, 0.5) is 0 Å². The van der Waals surface area contributed by atoms with Crippen LogP contribution in [0.2, 0.25) is 0 Å². The maximum atomic E-state index is 12.7. The predicted octanol–water partition coefficient (Wildman–Crippen LogP) is 2.89. The monoisotopic (exact) mass is 315 g/mol. The molecule has 0 spiro atoms. The maximum Gasteiger partial charge on any atom is 0.227 e. The normalized spacial score (nSPS) is 12.0. The molecule has 0 saturated carbocycles. The number of para-hydroxylation sites is 1. The average Bonchev–Trinajstić information content (AvgIpc) is 2.85. The fourth-order valence-corrected chi connectivity index (χ4v) is 2.93. The van der Waals surface area contributed by atoms with Gasteiger partial charge in [0.05, 0.1) is 25.3 Å². The van der Waals surface area contributed by atoms with Crippen molar-refractivity contribution in [1.29, 1.82) is 0 Å². The topological polar surface area (TPSA) is 47.4 Å². The average molecular weight is 315 g/mol. The van der Waals surface area contributed by atoms with Crippen molar-refractivity contribution in [3.63, 3.8) is 0 Å². The second-order valence-corrected chi connectivity index (χ2v) is 5.76. The van der Waals surface area contributed by atoms with Gasteiger partial charge in [-0.1, -0.05) is 25.1 Å². The van der Waals surface area contributed by atoms with E-state index in [2.05, 4.69) is 12.0 Å². The second kappa shape index (κ2) is 7.31. The Bertz CT molecular complexity index is 679. The smallest absolute Gasteiger partial charge is 0.227 e. The summed E-state index contributed by atoms with van der Waals surface area (Å²) in [6, 6.07) is 7.86. The number of hydrogen-bond donors (Lipinski definition) is 0. The summed E-state index contributed by atoms with van der Waals surface area (Å²) in [5, 5.41) is 4.30. The van der Waals surface area contributed by atoms with Gasteiger partial charge in [-0.3, -0.25) is 9.48 Å². The zero-order valence-corrected chi connectivity index (χ0v) is 14.5. The first-order valence-corrected chi connectivity index (χ1v) is 7.85. The summed E-state index contributed by atoms with van der Waals surface area (Å²) in [7, 11) is 5.38. The first kappa shape index (κ1) is 17.1. The van der Waals surface area contributed by atoms with E-state index in [1.54, 1.807) is 11.8 Å². The molecular weight excluding hydrogens is 290 g/mol. The largest absolute Gasteiger partial charge is 0.496 e. The van der Waals surface area contributed by atoms with Crippen molar-refractivity contribution in [3.05, 3.63) is 47.3 Å². The van der Waals surface area contributed by atoms with Gasteiger partial charge in [0, 0.05) is 31.4 Å². The molecule has 0 aliphatic carbocycles. The number of aryl methyl sites for hydroxylation is 2. The molecule has 0 saturated heterocycles. The van der Waals surface area contributed by atoms with E-state index in [-0.39, 0.29) is 11.9 Å². The summed E-state index contributed by atoms with van der Waals surface area (Å²) in [5.41, 5.74) is 2.91. The van der Waals surface area contributed by atoms with Crippen LogP contribution < -0.4 is 4.74 Å². The molecule has 0 N–H and O–H groups in total. The van der Waals surface area contributed by atoms with E-state index in [4.69, 9.17) is 4.74 Å². The minimum Gasteiger partial charge on any atom is -0.496 e. The Kier molecular flexibility index (Phi) is 5.42. The molecule has 0 radical (unpaired) electrons. The van der Waals surface area contributed by atoms with Crippen LogP contribution in [-0.4, -0.2) is 34.7 Å². The number of hydrogen-bond acceptors (Lipinski definition) is 3. The molecule has 2 aromatic rings. The molecule has 1 atom stereocenters. The number of carbonyl (C=O) groups is 1. The maximum absolute atomic E-state index is 12.7. The van der Waals surface area contributed by atoms with Crippen molar-refractivity contribution >= 4 is 5.91 Å². The third kappa shape index (κ3) is 3.73. The van der Waals surface area contributed by atoms with E-state index < -0.39 is 0 Å². The molecule has 2 rings (SSSR count). The molecule has 0 aliphatic rings. The Morgan fingerprint density at radius 2 is 2.09 bits per heavy atom. The lowest BCUT2D eigenvalue weighted by Crippen LogP contribution is -2.32. The van der Waals surface area contributed by atoms with Crippen LogP contribution in [-0.2, 0) is 18.3 Å². The summed E-state index contributed by atoms with van der Waals surface area (Å²) in [6.45, 7) is 4.01. The number of benzene rings is 1. The molecule has 124 valence electrons. The fraction of sp³-hybridized carbons (Fsp3) is 0.444. The zero-order chi connectivity index (χ0) is 17.0. The zero-order valence-electron chi connectivity index (χ0n) is 14.5. The second-order valence-electron chi connectivity index (χ2n) is 5.76. The van der Waals surface area contributed by atoms with Gasteiger partial charge < -0.3 is 9.64 Å². The minimum absolute atomic E-state index is 0.00405. The summed E-state index contributed by atoms with van der Waals surface area (Å²) in [5.74, 6) is 0.899. The molecule has 1 amide bonds. The SMILES string of the molecule is CCC(c1ccccc1OC)N(C)C(=O)Cc1cn(C)nc1C. The number of likely N-dealkylation sites (N-methyl/N-ethyl adjacent to an activating group) is 1. The number of amides is 1. The van der Waals surface area contributed by atoms with Crippen LogP contribution in [0.3, 0.4) is 0 Å². The number of carbonyl (C=O) groups excluding carboxylic acids is 1. The van der Waals surface area contributed by atoms with Crippen LogP contribution in [0.25, 0.3) is 0 Å².